The van der Waals surface area contributed by atoms with Crippen molar-refractivity contribution >= 4 is 211 Å². The minimum Gasteiger partial charge on any atom is -0.505 e. The molecule has 0 aliphatic carbocycles. The van der Waals surface area contributed by atoms with Gasteiger partial charge in [0.25, 0.3) is 56.3 Å². The Balaban J connectivity index is 1.12. The molecular formula is C56H48N12O36S10. The molecule has 0 amide bonds. The van der Waals surface area contributed by atoms with Gasteiger partial charge in [-0.25, -0.2) is 26.3 Å². The normalized spacial score (nSPS) is 12.8. The third-order valence-electron chi connectivity index (χ3n) is 14.7. The maximum Gasteiger partial charge on any atom is 0.297 e. The van der Waals surface area contributed by atoms with Crippen LogP contribution in [0.15, 0.2) is 187 Å². The van der Waals surface area contributed by atoms with Crippen LogP contribution in [0.25, 0.3) is 32.3 Å². The summed E-state index contributed by atoms with van der Waals surface area (Å²) in [5.41, 5.74) is 0.527. The van der Waals surface area contributed by atoms with Crippen molar-refractivity contribution in [3.63, 3.8) is 0 Å². The summed E-state index contributed by atoms with van der Waals surface area (Å²) in [4.78, 5) is 4.84. The van der Waals surface area contributed by atoms with Crippen LogP contribution in [0, 0.1) is 24.0 Å². The molecule has 0 radical (unpaired) electrons. The molecule has 0 unspecified atom stereocenters. The number of hydrogen-bond acceptors (Lipinski definition) is 47. The Kier molecular flexibility index (Phi) is 30.0. The van der Waals surface area contributed by atoms with Crippen molar-refractivity contribution in [1.29, 1.82) is 0 Å². The van der Waals surface area contributed by atoms with Crippen molar-refractivity contribution in [2.45, 2.75) is 65.9 Å². The molecule has 9 aromatic rings. The third kappa shape index (κ3) is 22.1. The van der Waals surface area contributed by atoms with Gasteiger partial charge < -0.3 is 25.4 Å². The lowest BCUT2D eigenvalue weighted by atomic mass is 10.0. The zero-order valence-electron chi connectivity index (χ0n) is 56.2. The number of ether oxygens (including phenoxy) is 2. The standard InChI is InChI=1S/C56H48N12O36S10/c1-25-13-38(43(93-9-3-11-105-100-95-73)23-37(25)61-64-40-18-29(110(78,79)80)15-27-16-30(111(81,82)83)19-45(49(27)40)108-103-98-76)62-60-36-22-44(94-10-4-12-106-101-96-74)39(14-26(36)2)63-67-53-48(113(87,88)89)21-32-31(54(53)69)6-8-35(56(32)114(90,91)92)59-65-41-24-47(112(84,85)86)33-20-46(109-104-99-77)52(55(70)50(33)51(41)57)66-58-34-7-5-28(107-102-97-75)17-42(34)68(71)72/h5-8,13-24,69-70,73-77H,3-4,9-12,57H2,1-2H3,(H,78,79,80)(H,81,82,83)(H,84,85,86)(H,87,88,89)(H,90,91,92). The molecule has 0 heterocycles. The lowest BCUT2D eigenvalue weighted by Crippen LogP contribution is -2.03. The van der Waals surface area contributed by atoms with Crippen LogP contribution in [0.1, 0.15) is 24.0 Å². The first kappa shape index (κ1) is 88.8. The molecule has 0 spiro atoms. The van der Waals surface area contributed by atoms with Crippen LogP contribution in [0.3, 0.4) is 0 Å². The minimum absolute atomic E-state index is 0.00604. The fraction of sp³-hybridized carbons (Fsp3) is 0.143. The van der Waals surface area contributed by atoms with Gasteiger partial charge in [0, 0.05) is 80.2 Å². The highest BCUT2D eigenvalue weighted by atomic mass is 32.2. The van der Waals surface area contributed by atoms with Gasteiger partial charge in [0.2, 0.25) is 0 Å². The third-order valence-corrected chi connectivity index (χ3v) is 22.1. The molecule has 608 valence electrons. The highest BCUT2D eigenvalue weighted by molar-refractivity contribution is 7.95. The molecule has 0 saturated heterocycles. The van der Waals surface area contributed by atoms with Gasteiger partial charge in [-0.15, -0.1) is 62.6 Å². The summed E-state index contributed by atoms with van der Waals surface area (Å²) in [5.74, 6) is -2.40. The van der Waals surface area contributed by atoms with E-state index in [-0.39, 0.29) is 133 Å². The van der Waals surface area contributed by atoms with Gasteiger partial charge in [0.1, 0.15) is 60.3 Å². The molecule has 0 atom stereocenters. The van der Waals surface area contributed by atoms with Gasteiger partial charge in [-0.3, -0.25) is 32.9 Å². The summed E-state index contributed by atoms with van der Waals surface area (Å²) < 4.78 is 215. The summed E-state index contributed by atoms with van der Waals surface area (Å²) in [6.45, 7) is 2.68. The number of aromatic hydroxyl groups is 2. The number of nitro groups is 1. The number of rotatable bonds is 39. The van der Waals surface area contributed by atoms with Gasteiger partial charge in [-0.2, -0.15) is 52.3 Å². The van der Waals surface area contributed by atoms with E-state index in [1.807, 2.05) is 0 Å². The SMILES string of the molecule is Cc1cc(N=Nc2c(S(=O)(=O)O)cc3c(S(=O)(=O)O)c(N=Nc4cc(S(=O)(=O)O)c5cc(SOOO)c(N=Nc6ccc(SOOO)cc6[N+](=O)[O-])c(O)c5c4N)ccc3c2O)c(OCCCSOOO)cc1N=Nc1cc(C)c(N=Nc2cc(S(=O)(=O)O)cc3cc(S(=O)(=O)O)cc(SOOO)c23)cc1OCCCSOOO. The van der Waals surface area contributed by atoms with E-state index in [1.54, 1.807) is 0 Å². The summed E-state index contributed by atoms with van der Waals surface area (Å²) in [7, 11) is -27.0. The van der Waals surface area contributed by atoms with Crippen LogP contribution < -0.4 is 15.2 Å². The number of aryl methyl sites for hydroxylation is 2. The molecule has 48 nitrogen and oxygen atoms in total. The number of benzene rings is 9. The van der Waals surface area contributed by atoms with Crippen molar-refractivity contribution < 1.29 is 163 Å². The van der Waals surface area contributed by atoms with E-state index in [0.29, 0.717) is 48.3 Å². The summed E-state index contributed by atoms with van der Waals surface area (Å²) >= 11 is 1.90. The Labute approximate surface area is 658 Å². The number of nitrogen functional groups attached to an aromatic ring is 1. The zero-order chi connectivity index (χ0) is 83.2. The van der Waals surface area contributed by atoms with E-state index in [0.717, 1.165) is 54.6 Å². The van der Waals surface area contributed by atoms with Gasteiger partial charge in [-0.05, 0) is 122 Å². The molecule has 9 rings (SSSR count). The quantitative estimate of drug-likeness (QED) is 0.00249. The van der Waals surface area contributed by atoms with Gasteiger partial charge in [0.15, 0.2) is 17.2 Å². The molecular weight excluding hydrogens is 1740 g/mol. The largest absolute Gasteiger partial charge is 0.505 e. The Morgan fingerprint density at radius 2 is 0.912 bits per heavy atom. The van der Waals surface area contributed by atoms with Crippen molar-refractivity contribution in [1.82, 2.24) is 0 Å². The number of phenols is 2. The number of hydrogen-bond donors (Lipinski definition) is 13. The molecule has 0 aliphatic rings. The van der Waals surface area contributed by atoms with Crippen LogP contribution in [-0.2, 0) is 97.5 Å². The second kappa shape index (κ2) is 38.5. The molecule has 0 bridgehead atoms. The fourth-order valence-electron chi connectivity index (χ4n) is 9.95. The Morgan fingerprint density at radius 3 is 1.45 bits per heavy atom. The van der Waals surface area contributed by atoms with Crippen molar-refractivity contribution in [2.24, 2.45) is 51.1 Å². The van der Waals surface area contributed by atoms with E-state index in [9.17, 15) is 85.2 Å². The number of phenolic OH excluding ortho intramolecular Hbond substituents is 2. The molecule has 14 N–H and O–H groups in total. The van der Waals surface area contributed by atoms with Gasteiger partial charge in [-0.1, -0.05) is 25.2 Å². The molecule has 0 aromatic heterocycles. The number of nitrogens with zero attached hydrogens (tertiary/aromatic N) is 11. The predicted octanol–water partition coefficient (Wildman–Crippen LogP) is 15.9. The van der Waals surface area contributed by atoms with Crippen LogP contribution >= 0.6 is 60.2 Å². The van der Waals surface area contributed by atoms with E-state index in [4.69, 9.17) is 41.5 Å². The van der Waals surface area contributed by atoms with Crippen LogP contribution in [0.4, 0.5) is 68.2 Å². The van der Waals surface area contributed by atoms with E-state index >= 15 is 0 Å². The summed E-state index contributed by atoms with van der Waals surface area (Å²) in [6.07, 6.45) is 0.343. The maximum absolute atomic E-state index is 13.5. The number of nitrogens with two attached hydrogens (primary N) is 1. The Hall–Kier alpha value is -9.14. The van der Waals surface area contributed by atoms with Crippen LogP contribution in [0.2, 0.25) is 0 Å². The lowest BCUT2D eigenvalue weighted by molar-refractivity contribution is -0.432. The number of nitro benzene ring substituents is 1. The second-order valence-corrected chi connectivity index (χ2v) is 32.7. The predicted molar refractivity (Wildman–Crippen MR) is 392 cm³/mol. The summed E-state index contributed by atoms with van der Waals surface area (Å²) in [6, 6.07) is 15.1. The average molecular weight is 1790 g/mol. The van der Waals surface area contributed by atoms with Gasteiger partial charge >= 0.3 is 0 Å². The highest BCUT2D eigenvalue weighted by Crippen LogP contribution is 2.52. The fourth-order valence-corrected chi connectivity index (χ4v) is 15.4. The lowest BCUT2D eigenvalue weighted by Gasteiger charge is -2.15. The van der Waals surface area contributed by atoms with Crippen LogP contribution in [0.5, 0.6) is 23.0 Å². The van der Waals surface area contributed by atoms with Crippen molar-refractivity contribution in [3.8, 4) is 23.0 Å². The van der Waals surface area contributed by atoms with E-state index in [2.05, 4.69) is 98.0 Å². The Morgan fingerprint density at radius 1 is 0.430 bits per heavy atom. The minimum atomic E-state index is -5.74. The van der Waals surface area contributed by atoms with Crippen molar-refractivity contribution in [3.05, 3.63) is 118 Å². The summed E-state index contributed by atoms with van der Waals surface area (Å²) in [5, 5.41) is 135. The smallest absolute Gasteiger partial charge is 0.297 e. The molecule has 0 aliphatic heterocycles. The number of azo groups is 5. The number of anilines is 1. The molecule has 58 heteroatoms. The van der Waals surface area contributed by atoms with Crippen LogP contribution in [-0.4, -0.2) is 131 Å². The maximum atomic E-state index is 13.5. The Bertz CT molecular complexity index is 5990. The second-order valence-electron chi connectivity index (χ2n) is 21.9. The molecule has 0 fully saturated rings. The molecule has 9 aromatic carbocycles. The average Bonchev–Trinajstić information content (AvgIpc) is 0.747. The zero-order valence-corrected chi connectivity index (χ0v) is 64.4. The monoisotopic (exact) mass is 1780 g/mol. The van der Waals surface area contributed by atoms with Crippen molar-refractivity contribution in [2.75, 3.05) is 30.5 Å². The first-order chi connectivity index (χ1) is 53.9. The van der Waals surface area contributed by atoms with E-state index < -0.39 is 158 Å². The first-order valence-electron chi connectivity index (χ1n) is 29.9. The molecule has 0 saturated carbocycles. The first-order valence-corrected chi connectivity index (χ1v) is 41.2. The van der Waals surface area contributed by atoms with E-state index in [1.165, 1.54) is 44.2 Å². The number of fused-ring (bicyclic) bond motifs is 3. The van der Waals surface area contributed by atoms with Gasteiger partial charge in [0.05, 0.1) is 102 Å². The molecule has 114 heavy (non-hydrogen) atoms. The highest BCUT2D eigenvalue weighted by Gasteiger charge is 2.31. The topological polar surface area (TPSA) is 717 Å².